The number of nitrogens with zero attached hydrogens (tertiary/aromatic N) is 3. The van der Waals surface area contributed by atoms with E-state index in [1.54, 1.807) is 22.1 Å². The third kappa shape index (κ3) is 3.20. The number of carbonyl (C=O) groups excluding carboxylic acids is 1. The summed E-state index contributed by atoms with van der Waals surface area (Å²) in [4.78, 5) is 16.4. The van der Waals surface area contributed by atoms with E-state index < -0.39 is 0 Å². The Bertz CT molecular complexity index is 573. The summed E-state index contributed by atoms with van der Waals surface area (Å²) < 4.78 is 1.77. The summed E-state index contributed by atoms with van der Waals surface area (Å²) in [5.41, 5.74) is 1.33. The topological polar surface area (TPSA) is 59.8 Å². The predicted molar refractivity (Wildman–Crippen MR) is 75.3 cm³/mol. The Morgan fingerprint density at radius 2 is 2.16 bits per heavy atom. The standard InChI is InChI=1S/C13H18N4OS/c1-8(2)17-6-5-11(16-17)13(18)14-9(3)12-7-19-10(4)15-12/h5-9H,1-4H3,(H,14,18)/t9-/m1/s1. The average Bonchev–Trinajstić information content (AvgIpc) is 2.96. The Morgan fingerprint density at radius 1 is 1.42 bits per heavy atom. The SMILES string of the molecule is Cc1nc([C@@H](C)NC(=O)c2ccn(C(C)C)n2)cs1. The number of hydrogen-bond donors (Lipinski definition) is 1. The van der Waals surface area contributed by atoms with Crippen LogP contribution in [0.15, 0.2) is 17.6 Å². The molecule has 2 heterocycles. The first kappa shape index (κ1) is 13.7. The van der Waals surface area contributed by atoms with Gasteiger partial charge in [0.15, 0.2) is 0 Å². The molecule has 0 bridgehead atoms. The minimum absolute atomic E-state index is 0.110. The van der Waals surface area contributed by atoms with Crippen LogP contribution in [0.4, 0.5) is 0 Å². The lowest BCUT2D eigenvalue weighted by Gasteiger charge is -2.10. The third-order valence-electron chi connectivity index (χ3n) is 2.80. The van der Waals surface area contributed by atoms with Crippen molar-refractivity contribution in [2.24, 2.45) is 0 Å². The first-order valence-corrected chi connectivity index (χ1v) is 7.13. The summed E-state index contributed by atoms with van der Waals surface area (Å²) in [6.07, 6.45) is 1.82. The van der Waals surface area contributed by atoms with Gasteiger partial charge in [0.1, 0.15) is 5.69 Å². The van der Waals surface area contributed by atoms with Crippen LogP contribution in [0.2, 0.25) is 0 Å². The Balaban J connectivity index is 2.04. The molecular weight excluding hydrogens is 260 g/mol. The van der Waals surface area contributed by atoms with E-state index in [1.807, 2.05) is 39.3 Å². The lowest BCUT2D eigenvalue weighted by atomic mass is 10.2. The van der Waals surface area contributed by atoms with Crippen molar-refractivity contribution in [1.29, 1.82) is 0 Å². The summed E-state index contributed by atoms with van der Waals surface area (Å²) in [5.74, 6) is -0.169. The highest BCUT2D eigenvalue weighted by Crippen LogP contribution is 2.16. The number of aromatic nitrogens is 3. The summed E-state index contributed by atoms with van der Waals surface area (Å²) >= 11 is 1.58. The van der Waals surface area contributed by atoms with Gasteiger partial charge in [-0.05, 0) is 33.8 Å². The maximum Gasteiger partial charge on any atom is 0.272 e. The fourth-order valence-electron chi connectivity index (χ4n) is 1.67. The predicted octanol–water partition coefficient (Wildman–Crippen LogP) is 2.72. The lowest BCUT2D eigenvalue weighted by Crippen LogP contribution is -2.27. The van der Waals surface area contributed by atoms with Crippen molar-refractivity contribution in [2.45, 2.75) is 39.8 Å². The fraction of sp³-hybridized carbons (Fsp3) is 0.462. The van der Waals surface area contributed by atoms with Crippen molar-refractivity contribution in [3.8, 4) is 0 Å². The van der Waals surface area contributed by atoms with E-state index in [-0.39, 0.29) is 18.0 Å². The highest BCUT2D eigenvalue weighted by Gasteiger charge is 2.16. The summed E-state index contributed by atoms with van der Waals surface area (Å²) in [6.45, 7) is 7.92. The molecule has 6 heteroatoms. The van der Waals surface area contributed by atoms with Gasteiger partial charge in [-0.3, -0.25) is 9.48 Å². The quantitative estimate of drug-likeness (QED) is 0.935. The maximum atomic E-state index is 12.1. The van der Waals surface area contributed by atoms with E-state index in [0.29, 0.717) is 5.69 Å². The van der Waals surface area contributed by atoms with Crippen molar-refractivity contribution in [3.63, 3.8) is 0 Å². The molecule has 0 aliphatic heterocycles. The molecule has 102 valence electrons. The van der Waals surface area contributed by atoms with Crippen LogP contribution in [0.5, 0.6) is 0 Å². The minimum atomic E-state index is -0.169. The highest BCUT2D eigenvalue weighted by molar-refractivity contribution is 7.09. The van der Waals surface area contributed by atoms with Gasteiger partial charge in [0, 0.05) is 17.6 Å². The summed E-state index contributed by atoms with van der Waals surface area (Å²) in [5, 5.41) is 10.1. The van der Waals surface area contributed by atoms with Gasteiger partial charge in [-0.1, -0.05) is 0 Å². The Hall–Kier alpha value is -1.69. The van der Waals surface area contributed by atoms with Crippen LogP contribution in [0.3, 0.4) is 0 Å². The maximum absolute atomic E-state index is 12.1. The molecule has 0 aliphatic rings. The zero-order valence-electron chi connectivity index (χ0n) is 11.5. The zero-order chi connectivity index (χ0) is 14.0. The number of nitrogens with one attached hydrogen (secondary N) is 1. The smallest absolute Gasteiger partial charge is 0.272 e. The monoisotopic (exact) mass is 278 g/mol. The molecule has 5 nitrogen and oxygen atoms in total. The average molecular weight is 278 g/mol. The Labute approximate surface area is 116 Å². The molecule has 0 unspecified atom stereocenters. The molecule has 0 aromatic carbocycles. The normalized spacial score (nSPS) is 12.7. The third-order valence-corrected chi connectivity index (χ3v) is 3.59. The first-order chi connectivity index (χ1) is 8.97. The van der Waals surface area contributed by atoms with Gasteiger partial charge in [0.05, 0.1) is 16.7 Å². The number of hydrogen-bond acceptors (Lipinski definition) is 4. The number of thiazole rings is 1. The molecule has 2 aromatic rings. The fourth-order valence-corrected chi connectivity index (χ4v) is 2.38. The van der Waals surface area contributed by atoms with Gasteiger partial charge < -0.3 is 5.32 Å². The van der Waals surface area contributed by atoms with Crippen LogP contribution in [-0.2, 0) is 0 Å². The molecule has 2 aromatic heterocycles. The van der Waals surface area contributed by atoms with Gasteiger partial charge in [-0.15, -0.1) is 11.3 Å². The van der Waals surface area contributed by atoms with Crippen molar-refractivity contribution >= 4 is 17.2 Å². The van der Waals surface area contributed by atoms with Gasteiger partial charge in [-0.2, -0.15) is 5.10 Å². The number of aryl methyl sites for hydroxylation is 1. The molecule has 19 heavy (non-hydrogen) atoms. The Kier molecular flexibility index (Phi) is 3.99. The molecular formula is C13H18N4OS. The highest BCUT2D eigenvalue weighted by atomic mass is 32.1. The molecule has 1 atom stereocenters. The van der Waals surface area contributed by atoms with Crippen molar-refractivity contribution in [3.05, 3.63) is 34.0 Å². The van der Waals surface area contributed by atoms with Crippen LogP contribution in [-0.4, -0.2) is 20.7 Å². The second-order valence-electron chi connectivity index (χ2n) is 4.76. The Morgan fingerprint density at radius 3 is 2.68 bits per heavy atom. The lowest BCUT2D eigenvalue weighted by molar-refractivity contribution is 0.0933. The van der Waals surface area contributed by atoms with E-state index >= 15 is 0 Å². The van der Waals surface area contributed by atoms with E-state index in [1.165, 1.54) is 0 Å². The largest absolute Gasteiger partial charge is 0.343 e. The molecule has 0 aliphatic carbocycles. The van der Waals surface area contributed by atoms with Gasteiger partial charge in [0.2, 0.25) is 0 Å². The molecule has 2 rings (SSSR count). The zero-order valence-corrected chi connectivity index (χ0v) is 12.4. The van der Waals surface area contributed by atoms with E-state index in [4.69, 9.17) is 0 Å². The second-order valence-corrected chi connectivity index (χ2v) is 5.82. The summed E-state index contributed by atoms with van der Waals surface area (Å²) in [6, 6.07) is 1.87. The van der Waals surface area contributed by atoms with Gasteiger partial charge >= 0.3 is 0 Å². The van der Waals surface area contributed by atoms with Crippen molar-refractivity contribution in [2.75, 3.05) is 0 Å². The van der Waals surface area contributed by atoms with Crippen LogP contribution >= 0.6 is 11.3 Å². The van der Waals surface area contributed by atoms with Gasteiger partial charge in [0.25, 0.3) is 5.91 Å². The number of amides is 1. The second kappa shape index (κ2) is 5.52. The first-order valence-electron chi connectivity index (χ1n) is 6.25. The molecule has 0 radical (unpaired) electrons. The molecule has 0 fully saturated rings. The minimum Gasteiger partial charge on any atom is -0.343 e. The number of carbonyl (C=O) groups is 1. The molecule has 0 spiro atoms. The van der Waals surface area contributed by atoms with Crippen LogP contribution in [0, 0.1) is 6.92 Å². The molecule has 0 saturated heterocycles. The van der Waals surface area contributed by atoms with Crippen LogP contribution in [0.1, 0.15) is 54.0 Å². The van der Waals surface area contributed by atoms with Crippen molar-refractivity contribution < 1.29 is 4.79 Å². The van der Waals surface area contributed by atoms with E-state index in [2.05, 4.69) is 15.4 Å². The van der Waals surface area contributed by atoms with E-state index in [0.717, 1.165) is 10.7 Å². The molecule has 1 N–H and O–H groups in total. The van der Waals surface area contributed by atoms with Crippen LogP contribution < -0.4 is 5.32 Å². The van der Waals surface area contributed by atoms with Crippen LogP contribution in [0.25, 0.3) is 0 Å². The molecule has 0 saturated carbocycles. The van der Waals surface area contributed by atoms with Gasteiger partial charge in [-0.25, -0.2) is 4.98 Å². The van der Waals surface area contributed by atoms with Crippen molar-refractivity contribution in [1.82, 2.24) is 20.1 Å². The molecule has 1 amide bonds. The van der Waals surface area contributed by atoms with E-state index in [9.17, 15) is 4.79 Å². The number of rotatable bonds is 4. The summed E-state index contributed by atoms with van der Waals surface area (Å²) in [7, 11) is 0.